The standard InChI is InChI=1S/C9H5BrCl2N2OS/c10-6-3-5(11)1-2-7(6)15-4-8-13-14-9(12)16-8/h1-3H,4H2. The second kappa shape index (κ2) is 5.31. The van der Waals surface area contributed by atoms with Crippen molar-refractivity contribution in [2.24, 2.45) is 0 Å². The molecule has 0 radical (unpaired) electrons. The van der Waals surface area contributed by atoms with Crippen LogP contribution in [0.2, 0.25) is 9.49 Å². The Morgan fingerprint density at radius 2 is 2.12 bits per heavy atom. The van der Waals surface area contributed by atoms with E-state index >= 15 is 0 Å². The topological polar surface area (TPSA) is 35.0 Å². The molecule has 0 unspecified atom stereocenters. The van der Waals surface area contributed by atoms with E-state index in [2.05, 4.69) is 26.1 Å². The molecule has 16 heavy (non-hydrogen) atoms. The number of nitrogens with zero attached hydrogens (tertiary/aromatic N) is 2. The van der Waals surface area contributed by atoms with Gasteiger partial charge in [0, 0.05) is 5.02 Å². The van der Waals surface area contributed by atoms with Crippen LogP contribution in [0.25, 0.3) is 0 Å². The van der Waals surface area contributed by atoms with Crippen LogP contribution < -0.4 is 4.74 Å². The van der Waals surface area contributed by atoms with E-state index in [1.165, 1.54) is 11.3 Å². The molecule has 0 aliphatic heterocycles. The van der Waals surface area contributed by atoms with E-state index in [9.17, 15) is 0 Å². The molecule has 0 amide bonds. The number of rotatable bonds is 3. The molecule has 0 saturated carbocycles. The lowest BCUT2D eigenvalue weighted by molar-refractivity contribution is 0.302. The Morgan fingerprint density at radius 3 is 2.75 bits per heavy atom. The van der Waals surface area contributed by atoms with Crippen molar-refractivity contribution in [2.45, 2.75) is 6.61 Å². The average molecular weight is 340 g/mol. The van der Waals surface area contributed by atoms with Crippen molar-refractivity contribution < 1.29 is 4.74 Å². The van der Waals surface area contributed by atoms with Gasteiger partial charge in [0.1, 0.15) is 12.4 Å². The Morgan fingerprint density at radius 1 is 1.31 bits per heavy atom. The predicted octanol–water partition coefficient (Wildman–Crippen LogP) is 4.19. The van der Waals surface area contributed by atoms with Crippen molar-refractivity contribution in [3.63, 3.8) is 0 Å². The molecule has 1 heterocycles. The van der Waals surface area contributed by atoms with Crippen LogP contribution in [0.4, 0.5) is 0 Å². The van der Waals surface area contributed by atoms with E-state index in [4.69, 9.17) is 27.9 Å². The van der Waals surface area contributed by atoms with Crippen molar-refractivity contribution in [2.75, 3.05) is 0 Å². The lowest BCUT2D eigenvalue weighted by Gasteiger charge is -2.05. The third-order valence-corrected chi connectivity index (χ3v) is 3.53. The van der Waals surface area contributed by atoms with Crippen LogP contribution in [-0.2, 0) is 6.61 Å². The van der Waals surface area contributed by atoms with Crippen molar-refractivity contribution in [1.29, 1.82) is 0 Å². The lowest BCUT2D eigenvalue weighted by Crippen LogP contribution is -1.95. The van der Waals surface area contributed by atoms with E-state index < -0.39 is 0 Å². The third kappa shape index (κ3) is 3.07. The minimum atomic E-state index is 0.338. The van der Waals surface area contributed by atoms with Gasteiger partial charge in [0.2, 0.25) is 4.47 Å². The van der Waals surface area contributed by atoms with Crippen LogP contribution >= 0.6 is 50.5 Å². The molecule has 7 heteroatoms. The summed E-state index contributed by atoms with van der Waals surface area (Å²) in [6, 6.07) is 5.31. The normalized spacial score (nSPS) is 10.4. The quantitative estimate of drug-likeness (QED) is 0.841. The highest BCUT2D eigenvalue weighted by molar-refractivity contribution is 9.10. The molecule has 1 aromatic carbocycles. The molecular formula is C9H5BrCl2N2OS. The van der Waals surface area contributed by atoms with Gasteiger partial charge in [-0.2, -0.15) is 0 Å². The first-order valence-corrected chi connectivity index (χ1v) is 6.57. The van der Waals surface area contributed by atoms with Crippen molar-refractivity contribution >= 4 is 50.5 Å². The average Bonchev–Trinajstić information content (AvgIpc) is 2.63. The number of aromatic nitrogens is 2. The molecule has 0 N–H and O–H groups in total. The summed E-state index contributed by atoms with van der Waals surface area (Å²) in [6.07, 6.45) is 0. The third-order valence-electron chi connectivity index (χ3n) is 1.69. The van der Waals surface area contributed by atoms with Crippen molar-refractivity contribution in [3.8, 4) is 5.75 Å². The predicted molar refractivity (Wildman–Crippen MR) is 68.4 cm³/mol. The fourth-order valence-electron chi connectivity index (χ4n) is 1.02. The summed E-state index contributed by atoms with van der Waals surface area (Å²) >= 11 is 16.1. The molecule has 0 fully saturated rings. The van der Waals surface area contributed by atoms with Crippen LogP contribution in [0.5, 0.6) is 5.75 Å². The van der Waals surface area contributed by atoms with Gasteiger partial charge in [-0.3, -0.25) is 0 Å². The summed E-state index contributed by atoms with van der Waals surface area (Å²) in [4.78, 5) is 0. The number of halogens is 3. The fraction of sp³-hybridized carbons (Fsp3) is 0.111. The Labute approximate surface area is 114 Å². The monoisotopic (exact) mass is 338 g/mol. The Hall–Kier alpha value is -0.360. The van der Waals surface area contributed by atoms with Gasteiger partial charge in [-0.05, 0) is 45.7 Å². The molecule has 1 aromatic heterocycles. The first kappa shape index (κ1) is 12.1. The molecule has 84 valence electrons. The van der Waals surface area contributed by atoms with Crippen LogP contribution in [0.1, 0.15) is 5.01 Å². The van der Waals surface area contributed by atoms with Gasteiger partial charge in [0.25, 0.3) is 0 Å². The minimum absolute atomic E-state index is 0.338. The molecule has 0 saturated heterocycles. The van der Waals surface area contributed by atoms with E-state index in [0.717, 1.165) is 9.48 Å². The summed E-state index contributed by atoms with van der Waals surface area (Å²) in [5, 5.41) is 8.91. The Bertz CT molecular complexity index is 506. The largest absolute Gasteiger partial charge is 0.485 e. The smallest absolute Gasteiger partial charge is 0.207 e. The maximum absolute atomic E-state index is 5.81. The van der Waals surface area contributed by atoms with Gasteiger partial charge >= 0.3 is 0 Å². The summed E-state index contributed by atoms with van der Waals surface area (Å²) in [5.41, 5.74) is 0. The van der Waals surface area contributed by atoms with E-state index in [1.54, 1.807) is 18.2 Å². The van der Waals surface area contributed by atoms with E-state index in [1.807, 2.05) is 0 Å². The summed E-state index contributed by atoms with van der Waals surface area (Å²) in [5.74, 6) is 0.704. The van der Waals surface area contributed by atoms with Gasteiger partial charge in [0.05, 0.1) is 4.47 Å². The van der Waals surface area contributed by atoms with Crippen molar-refractivity contribution in [3.05, 3.63) is 37.2 Å². The number of hydrogen-bond acceptors (Lipinski definition) is 4. The molecule has 0 aliphatic carbocycles. The molecule has 0 atom stereocenters. The van der Waals surface area contributed by atoms with Gasteiger partial charge in [-0.1, -0.05) is 22.9 Å². The Kier molecular flexibility index (Phi) is 4.02. The molecule has 0 aliphatic rings. The zero-order chi connectivity index (χ0) is 11.5. The van der Waals surface area contributed by atoms with Crippen LogP contribution in [0.15, 0.2) is 22.7 Å². The van der Waals surface area contributed by atoms with Crippen LogP contribution in [0, 0.1) is 0 Å². The maximum atomic E-state index is 5.81. The summed E-state index contributed by atoms with van der Waals surface area (Å²) in [7, 11) is 0. The highest BCUT2D eigenvalue weighted by Gasteiger charge is 2.05. The maximum Gasteiger partial charge on any atom is 0.207 e. The zero-order valence-corrected chi connectivity index (χ0v) is 11.7. The highest BCUT2D eigenvalue weighted by Crippen LogP contribution is 2.29. The SMILES string of the molecule is Clc1ccc(OCc2nnc(Cl)s2)c(Br)c1. The van der Waals surface area contributed by atoms with Crippen LogP contribution in [-0.4, -0.2) is 10.2 Å². The summed E-state index contributed by atoms with van der Waals surface area (Å²) in [6.45, 7) is 0.338. The minimum Gasteiger partial charge on any atom is -0.485 e. The van der Waals surface area contributed by atoms with Gasteiger partial charge in [0.15, 0.2) is 5.01 Å². The molecule has 0 bridgehead atoms. The molecule has 3 nitrogen and oxygen atoms in total. The Balaban J connectivity index is 2.04. The van der Waals surface area contributed by atoms with E-state index in [0.29, 0.717) is 21.8 Å². The molecular weight excluding hydrogens is 335 g/mol. The van der Waals surface area contributed by atoms with Crippen molar-refractivity contribution in [1.82, 2.24) is 10.2 Å². The molecule has 2 rings (SSSR count). The number of ether oxygens (including phenoxy) is 1. The first-order chi connectivity index (χ1) is 7.65. The molecule has 0 spiro atoms. The zero-order valence-electron chi connectivity index (χ0n) is 7.78. The van der Waals surface area contributed by atoms with Gasteiger partial charge < -0.3 is 4.74 Å². The van der Waals surface area contributed by atoms with Gasteiger partial charge in [-0.15, -0.1) is 10.2 Å². The first-order valence-electron chi connectivity index (χ1n) is 4.21. The van der Waals surface area contributed by atoms with Gasteiger partial charge in [-0.25, -0.2) is 0 Å². The second-order valence-corrected chi connectivity index (χ2v) is 5.75. The highest BCUT2D eigenvalue weighted by atomic mass is 79.9. The fourth-order valence-corrected chi connectivity index (χ4v) is 2.60. The van der Waals surface area contributed by atoms with Crippen LogP contribution in [0.3, 0.4) is 0 Å². The van der Waals surface area contributed by atoms with E-state index in [-0.39, 0.29) is 0 Å². The molecule has 2 aromatic rings. The summed E-state index contributed by atoms with van der Waals surface area (Å²) < 4.78 is 6.75. The number of hydrogen-bond donors (Lipinski definition) is 0. The second-order valence-electron chi connectivity index (χ2n) is 2.81. The lowest BCUT2D eigenvalue weighted by atomic mass is 10.3. The number of benzene rings is 1.